The van der Waals surface area contributed by atoms with Crippen molar-refractivity contribution >= 4 is 17.8 Å². The van der Waals surface area contributed by atoms with Crippen LogP contribution in [-0.2, 0) is 19.1 Å². The lowest BCUT2D eigenvalue weighted by atomic mass is 9.93. The highest BCUT2D eigenvalue weighted by Gasteiger charge is 2.40. The fourth-order valence-electron chi connectivity index (χ4n) is 2.18. The standard InChI is InChI=1S/C16H26N2O5/c1-7-22-14(20)12-10-18(15(21)23-16(2,3)4)9-11(13(12)19)8-17(5)6/h8,12H,7,9-10H2,1-6H3. The summed E-state index contributed by atoms with van der Waals surface area (Å²) >= 11 is 0. The zero-order chi connectivity index (χ0) is 17.8. The Morgan fingerprint density at radius 2 is 1.96 bits per heavy atom. The summed E-state index contributed by atoms with van der Waals surface area (Å²) < 4.78 is 10.3. The minimum atomic E-state index is -1.01. The highest BCUT2D eigenvalue weighted by molar-refractivity contribution is 6.10. The molecule has 1 amide bonds. The van der Waals surface area contributed by atoms with Gasteiger partial charge in [-0.15, -0.1) is 0 Å². The predicted octanol–water partition coefficient (Wildman–Crippen LogP) is 1.43. The van der Waals surface area contributed by atoms with Gasteiger partial charge in [-0.2, -0.15) is 0 Å². The van der Waals surface area contributed by atoms with Gasteiger partial charge in [-0.05, 0) is 27.7 Å². The molecule has 1 atom stereocenters. The van der Waals surface area contributed by atoms with Crippen molar-refractivity contribution in [1.29, 1.82) is 0 Å². The number of ether oxygens (including phenoxy) is 2. The number of hydrogen-bond acceptors (Lipinski definition) is 6. The van der Waals surface area contributed by atoms with E-state index in [1.165, 1.54) is 4.90 Å². The van der Waals surface area contributed by atoms with E-state index in [1.807, 2.05) is 0 Å². The molecule has 0 radical (unpaired) electrons. The zero-order valence-electron chi connectivity index (χ0n) is 14.7. The molecule has 0 aromatic heterocycles. The molecule has 7 heteroatoms. The third-order valence-electron chi connectivity index (χ3n) is 3.03. The Bertz CT molecular complexity index is 505. The Morgan fingerprint density at radius 3 is 2.43 bits per heavy atom. The van der Waals surface area contributed by atoms with E-state index in [0.717, 1.165) is 0 Å². The molecule has 0 spiro atoms. The number of nitrogens with zero attached hydrogens (tertiary/aromatic N) is 2. The molecule has 1 aliphatic heterocycles. The van der Waals surface area contributed by atoms with Crippen molar-refractivity contribution < 1.29 is 23.9 Å². The fraction of sp³-hybridized carbons (Fsp3) is 0.688. The Morgan fingerprint density at radius 1 is 1.35 bits per heavy atom. The largest absolute Gasteiger partial charge is 0.465 e. The Hall–Kier alpha value is -2.05. The van der Waals surface area contributed by atoms with Crippen LogP contribution in [0, 0.1) is 5.92 Å². The van der Waals surface area contributed by atoms with E-state index in [1.54, 1.807) is 52.9 Å². The maximum absolute atomic E-state index is 12.5. The molecule has 1 heterocycles. The molecule has 1 aliphatic rings. The summed E-state index contributed by atoms with van der Waals surface area (Å²) in [6.45, 7) is 7.23. The van der Waals surface area contributed by atoms with Crippen molar-refractivity contribution in [2.75, 3.05) is 33.8 Å². The van der Waals surface area contributed by atoms with E-state index < -0.39 is 23.6 Å². The number of carbonyl (C=O) groups is 3. The molecule has 1 rings (SSSR count). The molecule has 23 heavy (non-hydrogen) atoms. The quantitative estimate of drug-likeness (QED) is 0.444. The highest BCUT2D eigenvalue weighted by atomic mass is 16.6. The second-order valence-corrected chi connectivity index (χ2v) is 6.65. The lowest BCUT2D eigenvalue weighted by Crippen LogP contribution is -2.50. The number of Topliss-reactive ketones (excluding diaryl/α,β-unsaturated/α-hetero) is 1. The third kappa shape index (κ3) is 5.58. The van der Waals surface area contributed by atoms with Crippen molar-refractivity contribution in [3.8, 4) is 0 Å². The Kier molecular flexibility index (Phi) is 6.18. The van der Waals surface area contributed by atoms with Crippen LogP contribution in [0.5, 0.6) is 0 Å². The van der Waals surface area contributed by atoms with Crippen molar-refractivity contribution in [3.05, 3.63) is 11.8 Å². The summed E-state index contributed by atoms with van der Waals surface area (Å²) in [7, 11) is 3.54. The van der Waals surface area contributed by atoms with E-state index in [4.69, 9.17) is 9.47 Å². The molecule has 0 aromatic carbocycles. The van der Waals surface area contributed by atoms with Crippen LogP contribution in [-0.4, -0.2) is 67.0 Å². The van der Waals surface area contributed by atoms with Crippen LogP contribution in [0.1, 0.15) is 27.7 Å². The van der Waals surface area contributed by atoms with Crippen LogP contribution in [0.3, 0.4) is 0 Å². The van der Waals surface area contributed by atoms with Gasteiger partial charge in [0, 0.05) is 32.4 Å². The van der Waals surface area contributed by atoms with E-state index in [-0.39, 0.29) is 25.5 Å². The van der Waals surface area contributed by atoms with Crippen LogP contribution in [0.15, 0.2) is 11.8 Å². The van der Waals surface area contributed by atoms with Gasteiger partial charge in [0.2, 0.25) is 0 Å². The van der Waals surface area contributed by atoms with E-state index >= 15 is 0 Å². The lowest BCUT2D eigenvalue weighted by Gasteiger charge is -2.34. The molecule has 0 bridgehead atoms. The van der Waals surface area contributed by atoms with Gasteiger partial charge in [0.1, 0.15) is 11.5 Å². The summed E-state index contributed by atoms with van der Waals surface area (Å²) in [4.78, 5) is 39.8. The fourth-order valence-corrected chi connectivity index (χ4v) is 2.18. The van der Waals surface area contributed by atoms with Crippen LogP contribution >= 0.6 is 0 Å². The first kappa shape index (κ1) is 19.0. The lowest BCUT2D eigenvalue weighted by molar-refractivity contribution is -0.152. The number of amides is 1. The van der Waals surface area contributed by atoms with Gasteiger partial charge in [-0.3, -0.25) is 9.59 Å². The van der Waals surface area contributed by atoms with E-state index in [0.29, 0.717) is 5.57 Å². The van der Waals surface area contributed by atoms with Crippen LogP contribution in [0.2, 0.25) is 0 Å². The maximum atomic E-state index is 12.5. The van der Waals surface area contributed by atoms with Gasteiger partial charge in [-0.25, -0.2) is 4.79 Å². The zero-order valence-corrected chi connectivity index (χ0v) is 14.7. The van der Waals surface area contributed by atoms with Gasteiger partial charge in [-0.1, -0.05) is 0 Å². The predicted molar refractivity (Wildman–Crippen MR) is 84.7 cm³/mol. The van der Waals surface area contributed by atoms with Gasteiger partial charge < -0.3 is 19.3 Å². The van der Waals surface area contributed by atoms with Gasteiger partial charge in [0.15, 0.2) is 5.78 Å². The van der Waals surface area contributed by atoms with Crippen LogP contribution < -0.4 is 0 Å². The third-order valence-corrected chi connectivity index (χ3v) is 3.03. The van der Waals surface area contributed by atoms with Crippen molar-refractivity contribution in [1.82, 2.24) is 9.80 Å². The SMILES string of the molecule is CCOC(=O)C1CN(C(=O)OC(C)(C)C)CC(=CN(C)C)C1=O. The van der Waals surface area contributed by atoms with Gasteiger partial charge in [0.05, 0.1) is 13.2 Å². The second kappa shape index (κ2) is 7.48. The number of esters is 1. The second-order valence-electron chi connectivity index (χ2n) is 6.65. The van der Waals surface area contributed by atoms with Crippen molar-refractivity contribution in [2.24, 2.45) is 5.92 Å². The first-order valence-electron chi connectivity index (χ1n) is 7.61. The Labute approximate surface area is 137 Å². The molecule has 0 saturated carbocycles. The van der Waals surface area contributed by atoms with E-state index in [2.05, 4.69) is 0 Å². The summed E-state index contributed by atoms with van der Waals surface area (Å²) in [6, 6.07) is 0. The first-order chi connectivity index (χ1) is 10.5. The van der Waals surface area contributed by atoms with E-state index in [9.17, 15) is 14.4 Å². The van der Waals surface area contributed by atoms with Gasteiger partial charge in [0.25, 0.3) is 0 Å². The summed E-state index contributed by atoms with van der Waals surface area (Å²) in [5.41, 5.74) is -0.270. The van der Waals surface area contributed by atoms with Crippen LogP contribution in [0.25, 0.3) is 0 Å². The van der Waals surface area contributed by atoms with Crippen LogP contribution in [0.4, 0.5) is 4.79 Å². The molecule has 0 N–H and O–H groups in total. The number of carbonyl (C=O) groups excluding carboxylic acids is 3. The smallest absolute Gasteiger partial charge is 0.410 e. The molecule has 0 aromatic rings. The average Bonchev–Trinajstić information content (AvgIpc) is 2.38. The van der Waals surface area contributed by atoms with Crippen molar-refractivity contribution in [3.63, 3.8) is 0 Å². The molecule has 1 unspecified atom stereocenters. The number of rotatable bonds is 3. The molecular formula is C16H26N2O5. The molecular weight excluding hydrogens is 300 g/mol. The summed E-state index contributed by atoms with van der Waals surface area (Å²) in [6.07, 6.45) is 1.06. The minimum Gasteiger partial charge on any atom is -0.465 e. The number of ketones is 1. The number of hydrogen-bond donors (Lipinski definition) is 0. The van der Waals surface area contributed by atoms with Crippen molar-refractivity contribution in [2.45, 2.75) is 33.3 Å². The molecule has 1 fully saturated rings. The number of piperidine rings is 1. The number of likely N-dealkylation sites (tertiary alicyclic amines) is 1. The molecule has 7 nitrogen and oxygen atoms in total. The highest BCUT2D eigenvalue weighted by Crippen LogP contribution is 2.22. The minimum absolute atomic E-state index is 0.0304. The molecule has 0 aliphatic carbocycles. The monoisotopic (exact) mass is 326 g/mol. The molecule has 1 saturated heterocycles. The Balaban J connectivity index is 3.03. The summed E-state index contributed by atoms with van der Waals surface area (Å²) in [5, 5.41) is 0. The average molecular weight is 326 g/mol. The first-order valence-corrected chi connectivity index (χ1v) is 7.61. The summed E-state index contributed by atoms with van der Waals surface area (Å²) in [5.74, 6) is -1.94. The van der Waals surface area contributed by atoms with Gasteiger partial charge >= 0.3 is 12.1 Å². The molecule has 130 valence electrons. The maximum Gasteiger partial charge on any atom is 0.410 e. The topological polar surface area (TPSA) is 76.2 Å². The normalized spacial score (nSPS) is 20.4.